The first-order valence-electron chi connectivity index (χ1n) is 9.12. The minimum absolute atomic E-state index is 0.0403. The molecule has 1 saturated heterocycles. The second-order valence-corrected chi connectivity index (χ2v) is 6.68. The van der Waals surface area contributed by atoms with E-state index in [1.807, 2.05) is 30.9 Å². The van der Waals surface area contributed by atoms with Gasteiger partial charge in [0, 0.05) is 38.3 Å². The van der Waals surface area contributed by atoms with E-state index < -0.39 is 0 Å². The van der Waals surface area contributed by atoms with Crippen molar-refractivity contribution in [1.82, 2.24) is 24.8 Å². The Morgan fingerprint density at radius 3 is 2.96 bits per heavy atom. The van der Waals surface area contributed by atoms with Crippen LogP contribution in [0.5, 0.6) is 0 Å². The van der Waals surface area contributed by atoms with E-state index in [1.54, 1.807) is 17.4 Å². The molecule has 136 valence electrons. The van der Waals surface area contributed by atoms with Crippen molar-refractivity contribution in [2.75, 3.05) is 26.2 Å². The predicted molar refractivity (Wildman–Crippen MR) is 94.0 cm³/mol. The van der Waals surface area contributed by atoms with Gasteiger partial charge in [0.15, 0.2) is 5.69 Å². The molecule has 2 aromatic heterocycles. The largest absolute Gasteiger partial charge is 0.472 e. The fraction of sp³-hybridized carbons (Fsp3) is 0.611. The Morgan fingerprint density at radius 2 is 2.24 bits per heavy atom. The minimum atomic E-state index is -0.0403. The molecule has 1 fully saturated rings. The summed E-state index contributed by atoms with van der Waals surface area (Å²) >= 11 is 0. The van der Waals surface area contributed by atoms with E-state index in [-0.39, 0.29) is 5.91 Å². The quantitative estimate of drug-likeness (QED) is 0.770. The summed E-state index contributed by atoms with van der Waals surface area (Å²) in [5, 5.41) is 8.24. The lowest BCUT2D eigenvalue weighted by molar-refractivity contribution is 0.0767. The molecule has 0 aliphatic carbocycles. The third kappa shape index (κ3) is 4.48. The first kappa shape index (κ1) is 17.7. The van der Waals surface area contributed by atoms with Gasteiger partial charge < -0.3 is 9.32 Å². The molecule has 0 aromatic carbocycles. The zero-order valence-corrected chi connectivity index (χ0v) is 15.1. The van der Waals surface area contributed by atoms with Gasteiger partial charge in [-0.1, -0.05) is 5.21 Å². The predicted octanol–water partition coefficient (Wildman–Crippen LogP) is 2.27. The summed E-state index contributed by atoms with van der Waals surface area (Å²) in [4.78, 5) is 16.6. The van der Waals surface area contributed by atoms with Gasteiger partial charge in [-0.25, -0.2) is 0 Å². The Labute approximate surface area is 148 Å². The molecule has 0 unspecified atom stereocenters. The van der Waals surface area contributed by atoms with Crippen molar-refractivity contribution < 1.29 is 9.21 Å². The van der Waals surface area contributed by atoms with Crippen LogP contribution in [0.3, 0.4) is 0 Å². The van der Waals surface area contributed by atoms with Gasteiger partial charge in [0.25, 0.3) is 5.91 Å². The van der Waals surface area contributed by atoms with Gasteiger partial charge in [0.1, 0.15) is 0 Å². The summed E-state index contributed by atoms with van der Waals surface area (Å²) in [6.45, 7) is 9.21. The van der Waals surface area contributed by atoms with Crippen LogP contribution in [0.25, 0.3) is 0 Å². The fourth-order valence-electron chi connectivity index (χ4n) is 3.51. The SMILES string of the molecule is CCN(CC)C(=O)c1cn(C[C@H]2CCCN(Cc3ccoc3)C2)nn1. The summed E-state index contributed by atoms with van der Waals surface area (Å²) in [6.07, 6.45) is 7.69. The molecule has 0 radical (unpaired) electrons. The molecule has 0 N–H and O–H groups in total. The summed E-state index contributed by atoms with van der Waals surface area (Å²) in [6, 6.07) is 2.02. The first-order chi connectivity index (χ1) is 12.2. The molecule has 1 amide bonds. The van der Waals surface area contributed by atoms with E-state index in [4.69, 9.17) is 4.42 Å². The van der Waals surface area contributed by atoms with Crippen LogP contribution in [-0.4, -0.2) is 56.9 Å². The second kappa shape index (κ2) is 8.29. The smallest absolute Gasteiger partial charge is 0.276 e. The Hall–Kier alpha value is -2.15. The van der Waals surface area contributed by atoms with Crippen LogP contribution in [0, 0.1) is 5.92 Å². The van der Waals surface area contributed by atoms with Crippen molar-refractivity contribution in [2.24, 2.45) is 5.92 Å². The molecule has 7 heteroatoms. The third-order valence-corrected chi connectivity index (χ3v) is 4.84. The van der Waals surface area contributed by atoms with E-state index >= 15 is 0 Å². The average molecular weight is 345 g/mol. The molecule has 0 spiro atoms. The molecule has 3 rings (SSSR count). The van der Waals surface area contributed by atoms with E-state index in [2.05, 4.69) is 15.2 Å². The lowest BCUT2D eigenvalue weighted by atomic mass is 9.98. The zero-order chi connectivity index (χ0) is 17.6. The van der Waals surface area contributed by atoms with E-state index in [0.717, 1.165) is 26.2 Å². The Bertz CT molecular complexity index is 663. The number of amides is 1. The highest BCUT2D eigenvalue weighted by atomic mass is 16.3. The number of piperidine rings is 1. The monoisotopic (exact) mass is 345 g/mol. The van der Waals surface area contributed by atoms with Gasteiger partial charge in [-0.2, -0.15) is 0 Å². The maximum absolute atomic E-state index is 12.3. The van der Waals surface area contributed by atoms with Crippen molar-refractivity contribution in [1.29, 1.82) is 0 Å². The van der Waals surface area contributed by atoms with E-state index in [9.17, 15) is 4.79 Å². The van der Waals surface area contributed by atoms with Gasteiger partial charge in [-0.3, -0.25) is 14.4 Å². The highest BCUT2D eigenvalue weighted by molar-refractivity contribution is 5.91. The number of hydrogen-bond acceptors (Lipinski definition) is 5. The van der Waals surface area contributed by atoms with Crippen LogP contribution >= 0.6 is 0 Å². The molecular weight excluding hydrogens is 318 g/mol. The molecular formula is C18H27N5O2. The van der Waals surface area contributed by atoms with Crippen LogP contribution in [-0.2, 0) is 13.1 Å². The molecule has 7 nitrogen and oxygen atoms in total. The van der Waals surface area contributed by atoms with Crippen molar-refractivity contribution >= 4 is 5.91 Å². The highest BCUT2D eigenvalue weighted by Crippen LogP contribution is 2.20. The molecule has 2 aromatic rings. The van der Waals surface area contributed by atoms with Gasteiger partial charge in [0.2, 0.25) is 0 Å². The Morgan fingerprint density at radius 1 is 1.40 bits per heavy atom. The minimum Gasteiger partial charge on any atom is -0.472 e. The lowest BCUT2D eigenvalue weighted by Gasteiger charge is -2.32. The van der Waals surface area contributed by atoms with E-state index in [0.29, 0.717) is 24.7 Å². The normalized spacial score (nSPS) is 18.4. The molecule has 0 saturated carbocycles. The van der Waals surface area contributed by atoms with Crippen LogP contribution in [0.4, 0.5) is 0 Å². The van der Waals surface area contributed by atoms with Crippen molar-refractivity contribution in [2.45, 2.75) is 39.8 Å². The second-order valence-electron chi connectivity index (χ2n) is 6.68. The summed E-state index contributed by atoms with van der Waals surface area (Å²) in [5.74, 6) is 0.486. The van der Waals surface area contributed by atoms with Crippen LogP contribution in [0.1, 0.15) is 42.7 Å². The number of rotatable bonds is 7. The van der Waals surface area contributed by atoms with Gasteiger partial charge in [-0.05, 0) is 45.2 Å². The summed E-state index contributed by atoms with van der Waals surface area (Å²) in [7, 11) is 0. The maximum Gasteiger partial charge on any atom is 0.276 e. The highest BCUT2D eigenvalue weighted by Gasteiger charge is 2.22. The molecule has 1 aliphatic heterocycles. The average Bonchev–Trinajstić information content (AvgIpc) is 3.28. The molecule has 1 aliphatic rings. The zero-order valence-electron chi connectivity index (χ0n) is 15.1. The molecule has 0 bridgehead atoms. The van der Waals surface area contributed by atoms with Gasteiger partial charge in [0.05, 0.1) is 18.7 Å². The van der Waals surface area contributed by atoms with Gasteiger partial charge in [-0.15, -0.1) is 5.10 Å². The number of likely N-dealkylation sites (tertiary alicyclic amines) is 1. The van der Waals surface area contributed by atoms with Gasteiger partial charge >= 0.3 is 0 Å². The number of hydrogen-bond donors (Lipinski definition) is 0. The number of furan rings is 1. The summed E-state index contributed by atoms with van der Waals surface area (Å²) < 4.78 is 6.98. The topological polar surface area (TPSA) is 67.4 Å². The molecule has 1 atom stereocenters. The van der Waals surface area contributed by atoms with Crippen molar-refractivity contribution in [3.05, 3.63) is 36.0 Å². The molecule has 3 heterocycles. The van der Waals surface area contributed by atoms with E-state index in [1.165, 1.54) is 18.4 Å². The third-order valence-electron chi connectivity index (χ3n) is 4.84. The number of carbonyl (C=O) groups excluding carboxylic acids is 1. The van der Waals surface area contributed by atoms with Crippen LogP contribution < -0.4 is 0 Å². The van der Waals surface area contributed by atoms with Crippen molar-refractivity contribution in [3.63, 3.8) is 0 Å². The number of aromatic nitrogens is 3. The Balaban J connectivity index is 1.56. The van der Waals surface area contributed by atoms with Crippen molar-refractivity contribution in [3.8, 4) is 0 Å². The Kier molecular flexibility index (Phi) is 5.86. The lowest BCUT2D eigenvalue weighted by Crippen LogP contribution is -2.36. The molecule has 25 heavy (non-hydrogen) atoms. The first-order valence-corrected chi connectivity index (χ1v) is 9.12. The fourth-order valence-corrected chi connectivity index (χ4v) is 3.51. The summed E-state index contributed by atoms with van der Waals surface area (Å²) in [5.41, 5.74) is 1.66. The number of carbonyl (C=O) groups is 1. The van der Waals surface area contributed by atoms with Crippen LogP contribution in [0.15, 0.2) is 29.2 Å². The standard InChI is InChI=1S/C18H27N5O2/c1-3-22(4-2)18(24)17-13-23(20-19-17)12-15-6-5-8-21(10-15)11-16-7-9-25-14-16/h7,9,13-15H,3-6,8,10-12H2,1-2H3/t15-/m0/s1. The number of nitrogens with zero attached hydrogens (tertiary/aromatic N) is 5. The van der Waals surface area contributed by atoms with Crippen LogP contribution in [0.2, 0.25) is 0 Å². The maximum atomic E-state index is 12.3.